The van der Waals surface area contributed by atoms with Crippen molar-refractivity contribution in [1.29, 1.82) is 0 Å². The first-order valence-electron chi connectivity index (χ1n) is 7.67. The number of nitrogen functional groups attached to an aromatic ring is 1. The Labute approximate surface area is 137 Å². The van der Waals surface area contributed by atoms with Crippen molar-refractivity contribution in [2.75, 3.05) is 12.3 Å². The van der Waals surface area contributed by atoms with Gasteiger partial charge in [0, 0.05) is 42.0 Å². The van der Waals surface area contributed by atoms with Crippen molar-refractivity contribution in [3.8, 4) is 0 Å². The molecular formula is C17H18N4OS. The van der Waals surface area contributed by atoms with Crippen LogP contribution < -0.4 is 11.3 Å². The monoisotopic (exact) mass is 326 g/mol. The van der Waals surface area contributed by atoms with Crippen LogP contribution in [0.3, 0.4) is 0 Å². The molecule has 3 N–H and O–H groups in total. The molecule has 1 aliphatic rings. The number of anilines is 1. The second-order valence-corrected chi connectivity index (χ2v) is 7.21. The fourth-order valence-corrected chi connectivity index (χ4v) is 4.04. The van der Waals surface area contributed by atoms with Crippen LogP contribution in [0.15, 0.2) is 29.1 Å². The summed E-state index contributed by atoms with van der Waals surface area (Å²) in [6.45, 7) is 4.39. The largest absolute Gasteiger partial charge is 0.375 e. The van der Waals surface area contributed by atoms with Gasteiger partial charge < -0.3 is 10.7 Å². The first kappa shape index (κ1) is 14.4. The minimum absolute atomic E-state index is 0.00212. The minimum Gasteiger partial charge on any atom is -0.375 e. The second-order valence-electron chi connectivity index (χ2n) is 6.10. The summed E-state index contributed by atoms with van der Waals surface area (Å²) >= 11 is 1.55. The summed E-state index contributed by atoms with van der Waals surface area (Å²) in [7, 11) is 0. The molecule has 1 aliphatic heterocycles. The molecule has 0 amide bonds. The number of aromatic nitrogens is 2. The summed E-state index contributed by atoms with van der Waals surface area (Å²) in [4.78, 5) is 23.2. The van der Waals surface area contributed by atoms with Gasteiger partial charge in [-0.2, -0.15) is 0 Å². The predicted octanol–water partition coefficient (Wildman–Crippen LogP) is 2.43. The number of nitrogens with one attached hydrogen (secondary N) is 1. The third-order valence-electron chi connectivity index (χ3n) is 4.30. The second kappa shape index (κ2) is 5.47. The Morgan fingerprint density at radius 3 is 3.13 bits per heavy atom. The molecule has 0 radical (unpaired) electrons. The van der Waals surface area contributed by atoms with Gasteiger partial charge in [-0.1, -0.05) is 12.1 Å². The van der Waals surface area contributed by atoms with Crippen LogP contribution in [0.2, 0.25) is 0 Å². The van der Waals surface area contributed by atoms with Crippen molar-refractivity contribution in [2.24, 2.45) is 0 Å². The summed E-state index contributed by atoms with van der Waals surface area (Å²) in [6.07, 6.45) is 0.897. The van der Waals surface area contributed by atoms with Crippen molar-refractivity contribution in [1.82, 2.24) is 14.9 Å². The molecule has 4 rings (SSSR count). The molecule has 3 heterocycles. The van der Waals surface area contributed by atoms with Gasteiger partial charge in [-0.05, 0) is 30.0 Å². The highest BCUT2D eigenvalue weighted by atomic mass is 32.1. The molecule has 0 bridgehead atoms. The molecule has 0 unspecified atom stereocenters. The SMILES string of the molecule is Cc1ccc2cc(CN3CCc4nc(N)sc4C3)c(=O)[nH]c2c1. The fraction of sp³-hybridized carbons (Fsp3) is 0.294. The molecule has 0 aliphatic carbocycles. The molecule has 23 heavy (non-hydrogen) atoms. The first-order chi connectivity index (χ1) is 11.1. The Hall–Kier alpha value is -2.18. The van der Waals surface area contributed by atoms with Gasteiger partial charge in [0.2, 0.25) is 0 Å². The van der Waals surface area contributed by atoms with E-state index in [1.807, 2.05) is 19.1 Å². The minimum atomic E-state index is -0.00212. The number of nitrogens with zero attached hydrogens (tertiary/aromatic N) is 2. The molecule has 0 fully saturated rings. The molecule has 1 aromatic carbocycles. The van der Waals surface area contributed by atoms with E-state index in [-0.39, 0.29) is 5.56 Å². The highest BCUT2D eigenvalue weighted by Crippen LogP contribution is 2.27. The predicted molar refractivity (Wildman–Crippen MR) is 93.7 cm³/mol. The molecule has 5 nitrogen and oxygen atoms in total. The van der Waals surface area contributed by atoms with Gasteiger partial charge in [0.1, 0.15) is 0 Å². The lowest BCUT2D eigenvalue weighted by Crippen LogP contribution is -2.31. The zero-order valence-corrected chi connectivity index (χ0v) is 13.7. The topological polar surface area (TPSA) is 75.0 Å². The maximum absolute atomic E-state index is 12.4. The third-order valence-corrected chi connectivity index (χ3v) is 5.21. The number of aryl methyl sites for hydroxylation is 1. The lowest BCUT2D eigenvalue weighted by atomic mass is 10.1. The van der Waals surface area contributed by atoms with Crippen LogP contribution in [0, 0.1) is 6.92 Å². The lowest BCUT2D eigenvalue weighted by Gasteiger charge is -2.25. The van der Waals surface area contributed by atoms with Crippen molar-refractivity contribution in [2.45, 2.75) is 26.4 Å². The number of nitrogens with two attached hydrogens (primary N) is 1. The molecule has 3 aromatic rings. The van der Waals surface area contributed by atoms with Crippen LogP contribution in [0.25, 0.3) is 10.9 Å². The Morgan fingerprint density at radius 2 is 2.26 bits per heavy atom. The number of fused-ring (bicyclic) bond motifs is 2. The summed E-state index contributed by atoms with van der Waals surface area (Å²) in [5, 5.41) is 1.71. The maximum atomic E-state index is 12.4. The average Bonchev–Trinajstić information content (AvgIpc) is 2.87. The summed E-state index contributed by atoms with van der Waals surface area (Å²) in [5.74, 6) is 0. The average molecular weight is 326 g/mol. The molecule has 118 valence electrons. The van der Waals surface area contributed by atoms with E-state index in [2.05, 4.69) is 27.0 Å². The Morgan fingerprint density at radius 1 is 1.39 bits per heavy atom. The Bertz CT molecular complexity index is 943. The molecular weight excluding hydrogens is 308 g/mol. The van der Waals surface area contributed by atoms with E-state index >= 15 is 0 Å². The first-order valence-corrected chi connectivity index (χ1v) is 8.49. The van der Waals surface area contributed by atoms with Gasteiger partial charge in [0.15, 0.2) is 5.13 Å². The quantitative estimate of drug-likeness (QED) is 0.758. The zero-order chi connectivity index (χ0) is 16.0. The van der Waals surface area contributed by atoms with Crippen LogP contribution in [0.1, 0.15) is 21.7 Å². The summed E-state index contributed by atoms with van der Waals surface area (Å²) in [6, 6.07) is 8.14. The lowest BCUT2D eigenvalue weighted by molar-refractivity contribution is 0.246. The molecule has 0 saturated heterocycles. The number of rotatable bonds is 2. The van der Waals surface area contributed by atoms with Crippen LogP contribution in [-0.2, 0) is 19.5 Å². The normalized spacial score (nSPS) is 15.0. The van der Waals surface area contributed by atoms with Gasteiger partial charge >= 0.3 is 0 Å². The number of pyridine rings is 1. The van der Waals surface area contributed by atoms with E-state index < -0.39 is 0 Å². The Balaban J connectivity index is 1.62. The van der Waals surface area contributed by atoms with Crippen LogP contribution >= 0.6 is 11.3 Å². The van der Waals surface area contributed by atoms with Crippen LogP contribution in [0.5, 0.6) is 0 Å². The number of aromatic amines is 1. The fourth-order valence-electron chi connectivity index (χ4n) is 3.12. The van der Waals surface area contributed by atoms with E-state index in [0.29, 0.717) is 11.7 Å². The van der Waals surface area contributed by atoms with Crippen LogP contribution in [0.4, 0.5) is 5.13 Å². The maximum Gasteiger partial charge on any atom is 0.252 e. The van der Waals surface area contributed by atoms with Gasteiger partial charge in [0.25, 0.3) is 5.56 Å². The van der Waals surface area contributed by atoms with Gasteiger partial charge in [0.05, 0.1) is 5.69 Å². The number of thiazole rings is 1. The standard InChI is InChI=1S/C17H18N4OS/c1-10-2-3-11-7-12(16(22)19-14(11)6-10)8-21-5-4-13-15(9-21)23-17(18)20-13/h2-3,6-7H,4-5,8-9H2,1H3,(H2,18,20)(H,19,22). The van der Waals surface area contributed by atoms with Crippen molar-refractivity contribution < 1.29 is 0 Å². The third kappa shape index (κ3) is 2.75. The summed E-state index contributed by atoms with van der Waals surface area (Å²) in [5.41, 5.74) is 9.76. The number of hydrogen-bond acceptors (Lipinski definition) is 5. The van der Waals surface area contributed by atoms with E-state index in [1.54, 1.807) is 11.3 Å². The van der Waals surface area contributed by atoms with E-state index in [4.69, 9.17) is 5.73 Å². The van der Waals surface area contributed by atoms with Crippen molar-refractivity contribution >= 4 is 27.4 Å². The molecule has 6 heteroatoms. The molecule has 0 saturated carbocycles. The van der Waals surface area contributed by atoms with Crippen LogP contribution in [-0.4, -0.2) is 21.4 Å². The van der Waals surface area contributed by atoms with E-state index in [9.17, 15) is 4.79 Å². The van der Waals surface area contributed by atoms with Gasteiger partial charge in [-0.3, -0.25) is 9.69 Å². The van der Waals surface area contributed by atoms with Gasteiger partial charge in [-0.15, -0.1) is 11.3 Å². The highest BCUT2D eigenvalue weighted by molar-refractivity contribution is 7.15. The summed E-state index contributed by atoms with van der Waals surface area (Å²) < 4.78 is 0. The van der Waals surface area contributed by atoms with Crippen molar-refractivity contribution in [3.05, 3.63) is 56.3 Å². The van der Waals surface area contributed by atoms with Crippen molar-refractivity contribution in [3.63, 3.8) is 0 Å². The molecule has 2 aromatic heterocycles. The highest BCUT2D eigenvalue weighted by Gasteiger charge is 2.21. The zero-order valence-electron chi connectivity index (χ0n) is 12.9. The number of benzene rings is 1. The van der Waals surface area contributed by atoms with E-state index in [1.165, 1.54) is 4.88 Å². The molecule has 0 atom stereocenters. The van der Waals surface area contributed by atoms with Gasteiger partial charge in [-0.25, -0.2) is 4.98 Å². The molecule has 0 spiro atoms. The van der Waals surface area contributed by atoms with E-state index in [0.717, 1.165) is 47.2 Å². The number of H-pyrrole nitrogens is 1. The Kier molecular flexibility index (Phi) is 3.43. The number of hydrogen-bond donors (Lipinski definition) is 2. The smallest absolute Gasteiger partial charge is 0.252 e.